The van der Waals surface area contributed by atoms with Crippen LogP contribution < -0.4 is 5.73 Å². The predicted molar refractivity (Wildman–Crippen MR) is 60.0 cm³/mol. The number of nitrogens with zero attached hydrogens (tertiary/aromatic N) is 4. The van der Waals surface area contributed by atoms with Crippen molar-refractivity contribution < 1.29 is 9.84 Å². The van der Waals surface area contributed by atoms with Gasteiger partial charge >= 0.3 is 0 Å². The van der Waals surface area contributed by atoms with Gasteiger partial charge in [-0.2, -0.15) is 0 Å². The zero-order valence-corrected chi connectivity index (χ0v) is 9.15. The lowest BCUT2D eigenvalue weighted by molar-refractivity contribution is -0.0204. The van der Waals surface area contributed by atoms with Crippen molar-refractivity contribution in [3.05, 3.63) is 12.7 Å². The molecule has 17 heavy (non-hydrogen) atoms. The summed E-state index contributed by atoms with van der Waals surface area (Å²) in [6.45, 7) is 0.0368. The smallest absolute Gasteiger partial charge is 0.183 e. The molecule has 3 N–H and O–H groups in total. The van der Waals surface area contributed by atoms with E-state index in [0.29, 0.717) is 17.0 Å². The van der Waals surface area contributed by atoms with Gasteiger partial charge in [0.2, 0.25) is 0 Å². The zero-order chi connectivity index (χ0) is 11.8. The van der Waals surface area contributed by atoms with E-state index in [1.54, 1.807) is 6.33 Å². The molecule has 3 heterocycles. The van der Waals surface area contributed by atoms with E-state index in [9.17, 15) is 0 Å². The Morgan fingerprint density at radius 3 is 3.06 bits per heavy atom. The molecule has 2 atom stereocenters. The average molecular weight is 235 g/mol. The fourth-order valence-corrected chi connectivity index (χ4v) is 2.14. The molecule has 1 aliphatic rings. The van der Waals surface area contributed by atoms with Crippen molar-refractivity contribution in [2.75, 3.05) is 12.3 Å². The lowest BCUT2D eigenvalue weighted by atomic mass is 10.2. The van der Waals surface area contributed by atoms with Crippen molar-refractivity contribution in [1.82, 2.24) is 19.5 Å². The molecule has 0 unspecified atom stereocenters. The van der Waals surface area contributed by atoms with Crippen LogP contribution in [0.2, 0.25) is 0 Å². The number of hydrogen-bond acceptors (Lipinski definition) is 6. The Morgan fingerprint density at radius 1 is 1.41 bits per heavy atom. The number of fused-ring (bicyclic) bond motifs is 1. The molecule has 0 spiro atoms. The van der Waals surface area contributed by atoms with Crippen molar-refractivity contribution in [2.24, 2.45) is 0 Å². The summed E-state index contributed by atoms with van der Waals surface area (Å²) in [4.78, 5) is 12.2. The van der Waals surface area contributed by atoms with Gasteiger partial charge in [0, 0.05) is 0 Å². The molecular weight excluding hydrogens is 222 g/mol. The Hall–Kier alpha value is -1.73. The van der Waals surface area contributed by atoms with Gasteiger partial charge in [0.05, 0.1) is 19.0 Å². The second kappa shape index (κ2) is 3.94. The van der Waals surface area contributed by atoms with Crippen LogP contribution in [0.3, 0.4) is 0 Å². The third kappa shape index (κ3) is 1.63. The average Bonchev–Trinajstić information content (AvgIpc) is 2.94. The largest absolute Gasteiger partial charge is 0.394 e. The van der Waals surface area contributed by atoms with Crippen molar-refractivity contribution >= 4 is 17.0 Å². The quantitative estimate of drug-likeness (QED) is 0.764. The first kappa shape index (κ1) is 10.4. The summed E-state index contributed by atoms with van der Waals surface area (Å²) >= 11 is 0. The minimum atomic E-state index is -0.148. The van der Waals surface area contributed by atoms with Gasteiger partial charge in [-0.25, -0.2) is 15.0 Å². The van der Waals surface area contributed by atoms with Gasteiger partial charge in [0.15, 0.2) is 11.5 Å². The van der Waals surface area contributed by atoms with Gasteiger partial charge < -0.3 is 15.6 Å². The molecule has 2 aromatic rings. The van der Waals surface area contributed by atoms with E-state index in [0.717, 1.165) is 12.8 Å². The van der Waals surface area contributed by atoms with Gasteiger partial charge in [-0.3, -0.25) is 4.57 Å². The van der Waals surface area contributed by atoms with E-state index in [1.807, 2.05) is 4.57 Å². The van der Waals surface area contributed by atoms with Crippen LogP contribution in [0.4, 0.5) is 5.82 Å². The van der Waals surface area contributed by atoms with Crippen molar-refractivity contribution in [2.45, 2.75) is 25.2 Å². The lowest BCUT2D eigenvalue weighted by Crippen LogP contribution is -2.14. The van der Waals surface area contributed by atoms with E-state index in [-0.39, 0.29) is 18.9 Å². The van der Waals surface area contributed by atoms with Gasteiger partial charge in [-0.1, -0.05) is 0 Å². The Balaban J connectivity index is 2.01. The Morgan fingerprint density at radius 2 is 2.29 bits per heavy atom. The number of imidazole rings is 1. The Kier molecular flexibility index (Phi) is 2.41. The molecule has 0 saturated carbocycles. The number of aliphatic hydroxyl groups is 1. The van der Waals surface area contributed by atoms with Crippen molar-refractivity contribution in [3.8, 4) is 0 Å². The van der Waals surface area contributed by atoms with Crippen molar-refractivity contribution in [3.63, 3.8) is 0 Å². The third-order valence-corrected chi connectivity index (χ3v) is 2.99. The van der Waals surface area contributed by atoms with E-state index in [1.165, 1.54) is 6.33 Å². The SMILES string of the molecule is Nc1ncnc2ncn([C@H]3CC[C@@H](CO)O3)c12. The van der Waals surface area contributed by atoms with Gasteiger partial charge in [-0.05, 0) is 12.8 Å². The maximum Gasteiger partial charge on any atom is 0.183 e. The predicted octanol–water partition coefficient (Wildman–Crippen LogP) is 0.0784. The Bertz CT molecular complexity index is 540. The van der Waals surface area contributed by atoms with Crippen molar-refractivity contribution in [1.29, 1.82) is 0 Å². The van der Waals surface area contributed by atoms with Crippen LogP contribution in [0.5, 0.6) is 0 Å². The van der Waals surface area contributed by atoms with Crippen LogP contribution in [-0.4, -0.2) is 37.3 Å². The minimum Gasteiger partial charge on any atom is -0.394 e. The van der Waals surface area contributed by atoms with Gasteiger partial charge in [-0.15, -0.1) is 0 Å². The number of aliphatic hydroxyl groups excluding tert-OH is 1. The number of aromatic nitrogens is 4. The van der Waals surface area contributed by atoms with Crippen LogP contribution in [0, 0.1) is 0 Å². The van der Waals surface area contributed by atoms with Gasteiger partial charge in [0.25, 0.3) is 0 Å². The first-order valence-corrected chi connectivity index (χ1v) is 5.49. The Labute approximate surface area is 97.3 Å². The highest BCUT2D eigenvalue weighted by Crippen LogP contribution is 2.31. The molecule has 1 fully saturated rings. The molecule has 3 rings (SSSR count). The highest BCUT2D eigenvalue weighted by atomic mass is 16.5. The molecular formula is C10H13N5O2. The van der Waals surface area contributed by atoms with E-state index < -0.39 is 0 Å². The van der Waals surface area contributed by atoms with E-state index in [2.05, 4.69) is 15.0 Å². The molecule has 0 aromatic carbocycles. The molecule has 7 heteroatoms. The molecule has 90 valence electrons. The molecule has 2 aromatic heterocycles. The summed E-state index contributed by atoms with van der Waals surface area (Å²) in [5.74, 6) is 0.392. The first-order chi connectivity index (χ1) is 8.29. The summed E-state index contributed by atoms with van der Waals surface area (Å²) in [6.07, 6.45) is 4.44. The van der Waals surface area contributed by atoms with Crippen LogP contribution in [-0.2, 0) is 4.74 Å². The van der Waals surface area contributed by atoms with Crippen LogP contribution in [0.1, 0.15) is 19.1 Å². The minimum absolute atomic E-state index is 0.0368. The summed E-state index contributed by atoms with van der Waals surface area (Å²) in [5.41, 5.74) is 7.07. The topological polar surface area (TPSA) is 99.1 Å². The fourth-order valence-electron chi connectivity index (χ4n) is 2.14. The van der Waals surface area contributed by atoms with Crippen LogP contribution in [0.15, 0.2) is 12.7 Å². The highest BCUT2D eigenvalue weighted by molar-refractivity contribution is 5.81. The number of rotatable bonds is 2. The number of nitrogen functional groups attached to an aromatic ring is 1. The standard InChI is InChI=1S/C10H13N5O2/c11-9-8-10(13-4-12-9)14-5-15(8)7-2-1-6(3-16)17-7/h4-7,16H,1-3H2,(H2,11,12,13)/t6-,7+/m0/s1. The maximum absolute atomic E-state index is 9.05. The van der Waals surface area contributed by atoms with Crippen LogP contribution >= 0.6 is 0 Å². The molecule has 0 amide bonds. The summed E-state index contributed by atoms with van der Waals surface area (Å²) in [7, 11) is 0. The van der Waals surface area contributed by atoms with E-state index >= 15 is 0 Å². The molecule has 0 bridgehead atoms. The number of nitrogens with two attached hydrogens (primary N) is 1. The number of anilines is 1. The number of hydrogen-bond donors (Lipinski definition) is 2. The summed E-state index contributed by atoms with van der Waals surface area (Å²) < 4.78 is 7.51. The van der Waals surface area contributed by atoms with Gasteiger partial charge in [0.1, 0.15) is 18.1 Å². The summed E-state index contributed by atoms with van der Waals surface area (Å²) in [6, 6.07) is 0. The second-order valence-corrected chi connectivity index (χ2v) is 4.06. The fraction of sp³-hybridized carbons (Fsp3) is 0.500. The normalized spacial score (nSPS) is 24.5. The lowest BCUT2D eigenvalue weighted by Gasteiger charge is -2.14. The highest BCUT2D eigenvalue weighted by Gasteiger charge is 2.27. The molecule has 7 nitrogen and oxygen atoms in total. The maximum atomic E-state index is 9.05. The summed E-state index contributed by atoms with van der Waals surface area (Å²) in [5, 5.41) is 9.05. The molecule has 1 aliphatic heterocycles. The third-order valence-electron chi connectivity index (χ3n) is 2.99. The second-order valence-electron chi connectivity index (χ2n) is 4.06. The molecule has 0 aliphatic carbocycles. The zero-order valence-electron chi connectivity index (χ0n) is 9.15. The van der Waals surface area contributed by atoms with Crippen LogP contribution in [0.25, 0.3) is 11.2 Å². The molecule has 1 saturated heterocycles. The molecule has 0 radical (unpaired) electrons. The first-order valence-electron chi connectivity index (χ1n) is 5.49. The van der Waals surface area contributed by atoms with E-state index in [4.69, 9.17) is 15.6 Å². The number of ether oxygens (including phenoxy) is 1. The monoisotopic (exact) mass is 235 g/mol.